The lowest BCUT2D eigenvalue weighted by molar-refractivity contribution is 0.414. The quantitative estimate of drug-likeness (QED) is 0.798. The van der Waals surface area contributed by atoms with Crippen molar-refractivity contribution in [1.82, 2.24) is 4.98 Å². The molecule has 0 bridgehead atoms. The van der Waals surface area contributed by atoms with E-state index in [2.05, 4.69) is 4.98 Å². The molecule has 0 radical (unpaired) electrons. The van der Waals surface area contributed by atoms with Crippen molar-refractivity contribution in [2.45, 2.75) is 12.2 Å². The minimum Gasteiger partial charge on any atom is -0.497 e. The molecule has 1 heterocycles. The normalized spacial score (nSPS) is 12.1. The molecule has 112 valence electrons. The molecule has 2 aromatic rings. The summed E-state index contributed by atoms with van der Waals surface area (Å²) in [6.45, 7) is 0. The van der Waals surface area contributed by atoms with Gasteiger partial charge in [-0.15, -0.1) is 0 Å². The van der Waals surface area contributed by atoms with Gasteiger partial charge in [0, 0.05) is 22.7 Å². The van der Waals surface area contributed by atoms with E-state index in [1.54, 1.807) is 13.2 Å². The molecule has 0 aliphatic rings. The van der Waals surface area contributed by atoms with Gasteiger partial charge in [0.05, 0.1) is 28.6 Å². The van der Waals surface area contributed by atoms with Crippen LogP contribution in [0.2, 0.25) is 10.0 Å². The van der Waals surface area contributed by atoms with Crippen molar-refractivity contribution in [2.24, 2.45) is 0 Å². The number of hydrogen-bond acceptors (Lipinski definition) is 3. The van der Waals surface area contributed by atoms with Crippen molar-refractivity contribution in [3.05, 3.63) is 57.8 Å². The maximum atomic E-state index is 12.1. The first-order valence-corrected chi connectivity index (χ1v) is 8.60. The maximum absolute atomic E-state index is 12.1. The standard InChI is InChI=1S/C15H15Cl2NO2S/c1-20-13-4-2-11(3-5-13)6-7-21(19)10-15-14(17)8-12(16)9-18-15/h2-5,8-9H,6-7,10H2,1H3/t21-/m1/s1. The van der Waals surface area contributed by atoms with Crippen molar-refractivity contribution in [3.63, 3.8) is 0 Å². The summed E-state index contributed by atoms with van der Waals surface area (Å²) >= 11 is 11.8. The topological polar surface area (TPSA) is 39.2 Å². The molecular weight excluding hydrogens is 329 g/mol. The van der Waals surface area contributed by atoms with Crippen LogP contribution in [0, 0.1) is 0 Å². The smallest absolute Gasteiger partial charge is 0.118 e. The minimum absolute atomic E-state index is 0.339. The van der Waals surface area contributed by atoms with Gasteiger partial charge in [0.25, 0.3) is 0 Å². The number of benzene rings is 1. The molecule has 0 amide bonds. The highest BCUT2D eigenvalue weighted by molar-refractivity contribution is 7.84. The number of hydrogen-bond donors (Lipinski definition) is 0. The van der Waals surface area contributed by atoms with Crippen LogP contribution in [0.4, 0.5) is 0 Å². The van der Waals surface area contributed by atoms with E-state index < -0.39 is 10.8 Å². The average molecular weight is 344 g/mol. The Morgan fingerprint density at radius 2 is 1.95 bits per heavy atom. The molecule has 0 aliphatic heterocycles. The summed E-state index contributed by atoms with van der Waals surface area (Å²) in [4.78, 5) is 4.12. The molecule has 1 aromatic carbocycles. The molecule has 0 N–H and O–H groups in total. The third-order valence-corrected chi connectivity index (χ3v) is 4.75. The SMILES string of the molecule is COc1ccc(CC[S@@](=O)Cc2ncc(Cl)cc2Cl)cc1. The lowest BCUT2D eigenvalue weighted by Crippen LogP contribution is -2.05. The molecule has 1 aromatic heterocycles. The molecule has 3 nitrogen and oxygen atoms in total. The van der Waals surface area contributed by atoms with Gasteiger partial charge < -0.3 is 4.74 Å². The van der Waals surface area contributed by atoms with Crippen molar-refractivity contribution >= 4 is 34.0 Å². The number of rotatable bonds is 6. The van der Waals surface area contributed by atoms with Crippen molar-refractivity contribution in [1.29, 1.82) is 0 Å². The van der Waals surface area contributed by atoms with Crippen molar-refractivity contribution < 1.29 is 8.95 Å². The second kappa shape index (κ2) is 7.78. The summed E-state index contributed by atoms with van der Waals surface area (Å²) in [6.07, 6.45) is 2.26. The molecule has 2 rings (SSSR count). The zero-order chi connectivity index (χ0) is 15.2. The van der Waals surface area contributed by atoms with E-state index in [0.29, 0.717) is 27.2 Å². The van der Waals surface area contributed by atoms with E-state index in [1.165, 1.54) is 6.20 Å². The van der Waals surface area contributed by atoms with E-state index in [4.69, 9.17) is 27.9 Å². The summed E-state index contributed by atoms with van der Waals surface area (Å²) in [5.74, 6) is 1.72. The van der Waals surface area contributed by atoms with E-state index >= 15 is 0 Å². The summed E-state index contributed by atoms with van der Waals surface area (Å²) in [5, 5.41) is 0.938. The molecule has 0 aliphatic carbocycles. The Bertz CT molecular complexity index is 632. The Balaban J connectivity index is 1.89. The van der Waals surface area contributed by atoms with Crippen LogP contribution in [0.1, 0.15) is 11.3 Å². The van der Waals surface area contributed by atoms with Crippen LogP contribution in [0.15, 0.2) is 36.5 Å². The van der Waals surface area contributed by atoms with E-state index in [-0.39, 0.29) is 0 Å². The highest BCUT2D eigenvalue weighted by atomic mass is 35.5. The first-order valence-electron chi connectivity index (χ1n) is 6.36. The lowest BCUT2D eigenvalue weighted by atomic mass is 10.2. The summed E-state index contributed by atoms with van der Waals surface area (Å²) in [6, 6.07) is 9.37. The largest absolute Gasteiger partial charge is 0.497 e. The molecule has 6 heteroatoms. The van der Waals surface area contributed by atoms with Gasteiger partial charge >= 0.3 is 0 Å². The monoisotopic (exact) mass is 343 g/mol. The zero-order valence-electron chi connectivity index (χ0n) is 11.5. The third-order valence-electron chi connectivity index (χ3n) is 2.96. The Kier molecular flexibility index (Phi) is 6.03. The Labute approximate surface area is 136 Å². The van der Waals surface area contributed by atoms with Crippen LogP contribution in [0.25, 0.3) is 0 Å². The average Bonchev–Trinajstić information content (AvgIpc) is 2.48. The van der Waals surface area contributed by atoms with Crippen molar-refractivity contribution in [2.75, 3.05) is 12.9 Å². The van der Waals surface area contributed by atoms with Gasteiger partial charge in [0.2, 0.25) is 0 Å². The fourth-order valence-corrected chi connectivity index (χ4v) is 3.47. The predicted molar refractivity (Wildman–Crippen MR) is 87.7 cm³/mol. The molecular formula is C15H15Cl2NO2S. The highest BCUT2D eigenvalue weighted by Crippen LogP contribution is 2.20. The highest BCUT2D eigenvalue weighted by Gasteiger charge is 2.08. The number of ether oxygens (including phenoxy) is 1. The Hall–Kier alpha value is -1.10. The summed E-state index contributed by atoms with van der Waals surface area (Å²) in [5.41, 5.74) is 1.74. The number of pyridine rings is 1. The van der Waals surface area contributed by atoms with Crippen LogP contribution in [0.3, 0.4) is 0 Å². The third kappa shape index (κ3) is 4.99. The Morgan fingerprint density at radius 1 is 1.24 bits per heavy atom. The molecule has 0 saturated carbocycles. The van der Waals surface area contributed by atoms with Crippen LogP contribution in [-0.4, -0.2) is 22.1 Å². The summed E-state index contributed by atoms with van der Waals surface area (Å²) < 4.78 is 17.2. The number of aryl methyl sites for hydroxylation is 1. The zero-order valence-corrected chi connectivity index (χ0v) is 13.8. The first kappa shape index (κ1) is 16.3. The van der Waals surface area contributed by atoms with Gasteiger partial charge in [-0.1, -0.05) is 35.3 Å². The second-order valence-corrected chi connectivity index (χ2v) is 6.89. The number of halogens is 2. The molecule has 0 spiro atoms. The van der Waals surface area contributed by atoms with Crippen LogP contribution >= 0.6 is 23.2 Å². The van der Waals surface area contributed by atoms with Gasteiger partial charge in [-0.3, -0.25) is 9.19 Å². The fraction of sp³-hybridized carbons (Fsp3) is 0.267. The number of nitrogens with zero attached hydrogens (tertiary/aromatic N) is 1. The molecule has 0 unspecified atom stereocenters. The number of methoxy groups -OCH3 is 1. The Morgan fingerprint density at radius 3 is 2.57 bits per heavy atom. The van der Waals surface area contributed by atoms with Gasteiger partial charge in [0.1, 0.15) is 5.75 Å². The molecule has 21 heavy (non-hydrogen) atoms. The van der Waals surface area contributed by atoms with Gasteiger partial charge in [-0.25, -0.2) is 0 Å². The van der Waals surface area contributed by atoms with Gasteiger partial charge in [-0.2, -0.15) is 0 Å². The van der Waals surface area contributed by atoms with E-state index in [0.717, 1.165) is 17.7 Å². The summed E-state index contributed by atoms with van der Waals surface area (Å²) in [7, 11) is 0.615. The predicted octanol–water partition coefficient (Wildman–Crippen LogP) is 3.89. The van der Waals surface area contributed by atoms with E-state index in [1.807, 2.05) is 24.3 Å². The lowest BCUT2D eigenvalue weighted by Gasteiger charge is -2.05. The van der Waals surface area contributed by atoms with Crippen molar-refractivity contribution in [3.8, 4) is 5.75 Å². The maximum Gasteiger partial charge on any atom is 0.118 e. The van der Waals surface area contributed by atoms with Crippen LogP contribution < -0.4 is 4.74 Å². The van der Waals surface area contributed by atoms with Gasteiger partial charge in [-0.05, 0) is 30.2 Å². The van der Waals surface area contributed by atoms with Gasteiger partial charge in [0.15, 0.2) is 0 Å². The van der Waals surface area contributed by atoms with Crippen LogP contribution in [0.5, 0.6) is 5.75 Å². The minimum atomic E-state index is -1.02. The molecule has 1 atom stereocenters. The number of aromatic nitrogens is 1. The van der Waals surface area contributed by atoms with E-state index in [9.17, 15) is 4.21 Å². The first-order chi connectivity index (χ1) is 10.1. The molecule has 0 fully saturated rings. The second-order valence-electron chi connectivity index (χ2n) is 4.47. The fourth-order valence-electron chi connectivity index (χ4n) is 1.80. The molecule has 0 saturated heterocycles. The van der Waals surface area contributed by atoms with Crippen LogP contribution in [-0.2, 0) is 23.0 Å².